The van der Waals surface area contributed by atoms with Crippen LogP contribution in [0.2, 0.25) is 0 Å². The largest absolute Gasteiger partial charge is 0.293 e. The second-order valence-electron chi connectivity index (χ2n) is 3.83. The highest BCUT2D eigenvalue weighted by Gasteiger charge is 2.22. The average molecular weight is 226 g/mol. The van der Waals surface area contributed by atoms with E-state index < -0.39 is 0 Å². The molecule has 0 aromatic heterocycles. The van der Waals surface area contributed by atoms with Crippen molar-refractivity contribution in [1.29, 1.82) is 0 Å². The number of thioether (sulfide) groups is 1. The highest BCUT2D eigenvalue weighted by atomic mass is 32.2. The summed E-state index contributed by atoms with van der Waals surface area (Å²) in [5.41, 5.74) is 1.10. The van der Waals surface area contributed by atoms with E-state index in [4.69, 9.17) is 0 Å². The molecule has 1 aliphatic heterocycles. The number of fused-ring (bicyclic) bond motifs is 1. The zero-order valence-electron chi connectivity index (χ0n) is 8.59. The van der Waals surface area contributed by atoms with Crippen molar-refractivity contribution in [2.75, 3.05) is 0 Å². The maximum Gasteiger partial charge on any atom is 0.173 e. The summed E-state index contributed by atoms with van der Waals surface area (Å²) >= 11 is 1.58. The van der Waals surface area contributed by atoms with Crippen molar-refractivity contribution in [1.82, 2.24) is 0 Å². The molecule has 2 heteroatoms. The summed E-state index contributed by atoms with van der Waals surface area (Å²) in [5, 5.41) is 4.25. The summed E-state index contributed by atoms with van der Waals surface area (Å²) in [7, 11) is 0. The first-order chi connectivity index (χ1) is 7.84. The van der Waals surface area contributed by atoms with E-state index in [0.717, 1.165) is 5.56 Å². The van der Waals surface area contributed by atoms with E-state index in [1.807, 2.05) is 23.6 Å². The van der Waals surface area contributed by atoms with Crippen molar-refractivity contribution in [2.24, 2.45) is 0 Å². The summed E-state index contributed by atoms with van der Waals surface area (Å²) in [4.78, 5) is 11.6. The Hall–Kier alpha value is -1.54. The fraction of sp³-hybridized carbons (Fsp3) is 0.0714. The van der Waals surface area contributed by atoms with Gasteiger partial charge in [0, 0.05) is 0 Å². The lowest BCUT2D eigenvalue weighted by Crippen LogP contribution is -2.01. The lowest BCUT2D eigenvalue weighted by molar-refractivity contribution is -0.114. The highest BCUT2D eigenvalue weighted by Crippen LogP contribution is 2.36. The van der Waals surface area contributed by atoms with E-state index >= 15 is 0 Å². The van der Waals surface area contributed by atoms with Crippen molar-refractivity contribution in [3.63, 3.8) is 0 Å². The lowest BCUT2D eigenvalue weighted by atomic mass is 10.0. The third kappa shape index (κ3) is 1.55. The number of hydrogen-bond donors (Lipinski definition) is 0. The first kappa shape index (κ1) is 9.67. The molecule has 2 aromatic rings. The van der Waals surface area contributed by atoms with E-state index in [1.165, 1.54) is 10.8 Å². The molecule has 1 nitrogen and oxygen atoms in total. The second kappa shape index (κ2) is 3.80. The van der Waals surface area contributed by atoms with E-state index in [-0.39, 0.29) is 11.0 Å². The van der Waals surface area contributed by atoms with Gasteiger partial charge in [0.25, 0.3) is 0 Å². The fourth-order valence-electron chi connectivity index (χ4n) is 1.95. The van der Waals surface area contributed by atoms with Crippen LogP contribution in [0.25, 0.3) is 10.8 Å². The maximum atomic E-state index is 11.6. The number of ketones is 1. The molecule has 0 aliphatic carbocycles. The molecule has 78 valence electrons. The van der Waals surface area contributed by atoms with E-state index in [2.05, 4.69) is 24.3 Å². The van der Waals surface area contributed by atoms with Crippen LogP contribution in [0.1, 0.15) is 10.8 Å². The van der Waals surface area contributed by atoms with Crippen molar-refractivity contribution >= 4 is 28.3 Å². The van der Waals surface area contributed by atoms with Crippen LogP contribution in [0.4, 0.5) is 0 Å². The number of benzene rings is 2. The molecule has 3 rings (SSSR count). The van der Waals surface area contributed by atoms with E-state index in [0.29, 0.717) is 0 Å². The number of carbonyl (C=O) groups is 1. The van der Waals surface area contributed by atoms with E-state index in [9.17, 15) is 4.79 Å². The third-order valence-corrected chi connectivity index (χ3v) is 3.85. The van der Waals surface area contributed by atoms with Crippen molar-refractivity contribution < 1.29 is 4.79 Å². The summed E-state index contributed by atoms with van der Waals surface area (Å²) in [5.74, 6) is 0.195. The predicted octanol–water partition coefficient (Wildman–Crippen LogP) is 3.71. The summed E-state index contributed by atoms with van der Waals surface area (Å²) in [6, 6.07) is 14.4. The van der Waals surface area contributed by atoms with Gasteiger partial charge in [-0.3, -0.25) is 4.79 Å². The Morgan fingerprint density at radius 2 is 1.81 bits per heavy atom. The molecule has 0 saturated carbocycles. The predicted molar refractivity (Wildman–Crippen MR) is 68.4 cm³/mol. The number of allylic oxidation sites excluding steroid dienone is 1. The van der Waals surface area contributed by atoms with Gasteiger partial charge >= 0.3 is 0 Å². The van der Waals surface area contributed by atoms with Crippen LogP contribution in [0.3, 0.4) is 0 Å². The first-order valence-corrected chi connectivity index (χ1v) is 6.13. The Labute approximate surface area is 98.2 Å². The monoisotopic (exact) mass is 226 g/mol. The molecule has 0 radical (unpaired) electrons. The topological polar surface area (TPSA) is 17.1 Å². The molecule has 2 aromatic carbocycles. The third-order valence-electron chi connectivity index (χ3n) is 2.78. The van der Waals surface area contributed by atoms with Gasteiger partial charge in [0.05, 0.1) is 5.25 Å². The minimum Gasteiger partial charge on any atom is -0.293 e. The Morgan fingerprint density at radius 1 is 1.00 bits per heavy atom. The first-order valence-electron chi connectivity index (χ1n) is 5.19. The minimum atomic E-state index is -0.0374. The second-order valence-corrected chi connectivity index (χ2v) is 4.84. The van der Waals surface area contributed by atoms with Crippen LogP contribution in [-0.4, -0.2) is 5.78 Å². The van der Waals surface area contributed by atoms with Gasteiger partial charge in [0.15, 0.2) is 5.78 Å². The summed E-state index contributed by atoms with van der Waals surface area (Å²) in [6.45, 7) is 0. The summed E-state index contributed by atoms with van der Waals surface area (Å²) in [6.07, 6.45) is 1.66. The lowest BCUT2D eigenvalue weighted by Gasteiger charge is -2.08. The molecule has 1 aliphatic rings. The molecule has 0 N–H and O–H groups in total. The number of carbonyl (C=O) groups excluding carboxylic acids is 1. The van der Waals surface area contributed by atoms with Gasteiger partial charge in [-0.25, -0.2) is 0 Å². The molecular weight excluding hydrogens is 216 g/mol. The van der Waals surface area contributed by atoms with Gasteiger partial charge in [-0.2, -0.15) is 0 Å². The van der Waals surface area contributed by atoms with Crippen molar-refractivity contribution in [3.8, 4) is 0 Å². The molecule has 0 bridgehead atoms. The SMILES string of the molecule is O=C1C=CSC1c1ccc2ccccc2c1. The van der Waals surface area contributed by atoms with Gasteiger partial charge in [-0.15, -0.1) is 11.8 Å². The van der Waals surface area contributed by atoms with Gasteiger partial charge < -0.3 is 0 Å². The molecule has 0 spiro atoms. The zero-order valence-corrected chi connectivity index (χ0v) is 9.41. The van der Waals surface area contributed by atoms with E-state index in [1.54, 1.807) is 17.8 Å². The van der Waals surface area contributed by atoms with Crippen LogP contribution in [0.15, 0.2) is 53.9 Å². The Balaban J connectivity index is 2.08. The van der Waals surface area contributed by atoms with Crippen molar-refractivity contribution in [3.05, 3.63) is 59.5 Å². The van der Waals surface area contributed by atoms with Crippen LogP contribution < -0.4 is 0 Å². The Bertz CT molecular complexity index is 586. The average Bonchev–Trinajstić information content (AvgIpc) is 2.75. The summed E-state index contributed by atoms with van der Waals surface area (Å²) < 4.78 is 0. The minimum absolute atomic E-state index is 0.0374. The number of rotatable bonds is 1. The molecule has 16 heavy (non-hydrogen) atoms. The van der Waals surface area contributed by atoms with Crippen molar-refractivity contribution in [2.45, 2.75) is 5.25 Å². The molecule has 0 fully saturated rings. The quantitative estimate of drug-likeness (QED) is 0.737. The maximum absolute atomic E-state index is 11.6. The zero-order chi connectivity index (χ0) is 11.0. The Kier molecular flexibility index (Phi) is 2.29. The molecule has 1 heterocycles. The van der Waals surface area contributed by atoms with Gasteiger partial charge in [-0.1, -0.05) is 36.4 Å². The smallest absolute Gasteiger partial charge is 0.173 e. The molecule has 1 atom stereocenters. The van der Waals surface area contributed by atoms with Crippen LogP contribution >= 0.6 is 11.8 Å². The fourth-order valence-corrected chi connectivity index (χ4v) is 2.84. The number of hydrogen-bond acceptors (Lipinski definition) is 2. The highest BCUT2D eigenvalue weighted by molar-refractivity contribution is 8.03. The van der Waals surface area contributed by atoms with Gasteiger partial charge in [0.2, 0.25) is 0 Å². The molecule has 0 amide bonds. The van der Waals surface area contributed by atoms with Crippen LogP contribution in [-0.2, 0) is 4.79 Å². The van der Waals surface area contributed by atoms with Gasteiger partial charge in [0.1, 0.15) is 0 Å². The molecular formula is C14H10OS. The Morgan fingerprint density at radius 3 is 2.56 bits per heavy atom. The van der Waals surface area contributed by atoms with Crippen LogP contribution in [0, 0.1) is 0 Å². The molecule has 1 unspecified atom stereocenters. The van der Waals surface area contributed by atoms with Gasteiger partial charge in [-0.05, 0) is 33.9 Å². The molecule has 0 saturated heterocycles. The normalized spacial score (nSPS) is 19.5. The standard InChI is InChI=1S/C14H10OS/c15-13-7-8-16-14(13)12-6-5-10-3-1-2-4-11(10)9-12/h1-9,14H. The van der Waals surface area contributed by atoms with Crippen LogP contribution in [0.5, 0.6) is 0 Å².